The second-order valence-corrected chi connectivity index (χ2v) is 5.33. The Morgan fingerprint density at radius 2 is 2.25 bits per heavy atom. The monoisotopic (exact) mass is 308 g/mol. The molecule has 0 aliphatic rings. The molecule has 5 heteroatoms. The van der Waals surface area contributed by atoms with Crippen LogP contribution in [0.4, 0.5) is 10.2 Å². The number of aromatic nitrogens is 1. The maximum Gasteiger partial charge on any atom is 0.166 e. The molecule has 0 bridgehead atoms. The van der Waals surface area contributed by atoms with Crippen LogP contribution in [0.5, 0.6) is 0 Å². The zero-order valence-corrected chi connectivity index (χ0v) is 11.6. The lowest BCUT2D eigenvalue weighted by atomic mass is 10.1. The van der Waals surface area contributed by atoms with Gasteiger partial charge in [0.25, 0.3) is 0 Å². The SMILES string of the molecule is CC(C)CC(CCl)Nc1ncc(Br)cc1F. The van der Waals surface area contributed by atoms with Crippen molar-refractivity contribution in [2.75, 3.05) is 11.2 Å². The Labute approximate surface area is 109 Å². The highest BCUT2D eigenvalue weighted by atomic mass is 79.9. The van der Waals surface area contributed by atoms with Crippen LogP contribution in [0.25, 0.3) is 0 Å². The molecule has 0 saturated heterocycles. The molecule has 16 heavy (non-hydrogen) atoms. The van der Waals surface area contributed by atoms with Gasteiger partial charge in [0.05, 0.1) is 0 Å². The zero-order valence-electron chi connectivity index (χ0n) is 9.30. The van der Waals surface area contributed by atoms with Crippen molar-refractivity contribution in [3.05, 3.63) is 22.6 Å². The molecule has 0 aromatic carbocycles. The van der Waals surface area contributed by atoms with Gasteiger partial charge in [-0.2, -0.15) is 0 Å². The highest BCUT2D eigenvalue weighted by Gasteiger charge is 2.12. The number of nitrogens with one attached hydrogen (secondary N) is 1. The van der Waals surface area contributed by atoms with E-state index < -0.39 is 0 Å². The lowest BCUT2D eigenvalue weighted by molar-refractivity contribution is 0.536. The summed E-state index contributed by atoms with van der Waals surface area (Å²) in [5.41, 5.74) is 0. The third kappa shape index (κ3) is 4.26. The molecule has 1 atom stereocenters. The molecule has 0 saturated carbocycles. The first-order chi connectivity index (χ1) is 7.52. The van der Waals surface area contributed by atoms with Crippen LogP contribution in [0.3, 0.4) is 0 Å². The standard InChI is InChI=1S/C11H15BrClFN2/c1-7(2)3-9(5-13)16-11-10(14)4-8(12)6-15-11/h4,6-7,9H,3,5H2,1-2H3,(H,15,16). The molecule has 1 unspecified atom stereocenters. The number of halogens is 3. The van der Waals surface area contributed by atoms with Crippen LogP contribution >= 0.6 is 27.5 Å². The van der Waals surface area contributed by atoms with Gasteiger partial charge in [-0.15, -0.1) is 11.6 Å². The van der Waals surface area contributed by atoms with Crippen LogP contribution < -0.4 is 5.32 Å². The van der Waals surface area contributed by atoms with E-state index in [4.69, 9.17) is 11.6 Å². The number of nitrogens with zero attached hydrogens (tertiary/aromatic N) is 1. The average molecular weight is 310 g/mol. The van der Waals surface area contributed by atoms with Crippen LogP contribution in [0.2, 0.25) is 0 Å². The van der Waals surface area contributed by atoms with Crippen molar-refractivity contribution in [2.45, 2.75) is 26.3 Å². The molecule has 1 heterocycles. The Morgan fingerprint density at radius 1 is 1.56 bits per heavy atom. The Morgan fingerprint density at radius 3 is 2.75 bits per heavy atom. The summed E-state index contributed by atoms with van der Waals surface area (Å²) in [4.78, 5) is 3.98. The van der Waals surface area contributed by atoms with Gasteiger partial charge in [-0.3, -0.25) is 0 Å². The van der Waals surface area contributed by atoms with E-state index in [0.29, 0.717) is 16.3 Å². The summed E-state index contributed by atoms with van der Waals surface area (Å²) < 4.78 is 14.1. The molecule has 1 rings (SSSR count). The third-order valence-electron chi connectivity index (χ3n) is 2.09. The van der Waals surface area contributed by atoms with Crippen LogP contribution in [-0.4, -0.2) is 16.9 Å². The molecule has 0 spiro atoms. The van der Waals surface area contributed by atoms with E-state index in [1.54, 1.807) is 6.20 Å². The van der Waals surface area contributed by atoms with E-state index in [0.717, 1.165) is 6.42 Å². The fourth-order valence-corrected chi connectivity index (χ4v) is 1.95. The minimum absolute atomic E-state index is 0.0462. The smallest absolute Gasteiger partial charge is 0.166 e. The van der Waals surface area contributed by atoms with Crippen molar-refractivity contribution in [2.24, 2.45) is 5.92 Å². The predicted molar refractivity (Wildman–Crippen MR) is 69.5 cm³/mol. The summed E-state index contributed by atoms with van der Waals surface area (Å²) in [6, 6.07) is 1.43. The van der Waals surface area contributed by atoms with Gasteiger partial charge in [-0.25, -0.2) is 9.37 Å². The van der Waals surface area contributed by atoms with Gasteiger partial charge in [0, 0.05) is 22.6 Å². The Hall–Kier alpha value is -0.350. The lowest BCUT2D eigenvalue weighted by Crippen LogP contribution is -2.24. The first-order valence-electron chi connectivity index (χ1n) is 5.16. The average Bonchev–Trinajstić information content (AvgIpc) is 2.20. The number of alkyl halides is 1. The van der Waals surface area contributed by atoms with E-state index in [-0.39, 0.29) is 17.7 Å². The molecule has 0 fully saturated rings. The van der Waals surface area contributed by atoms with Crippen molar-refractivity contribution in [1.82, 2.24) is 4.98 Å². The van der Waals surface area contributed by atoms with Gasteiger partial charge in [-0.05, 0) is 34.3 Å². The number of hydrogen-bond acceptors (Lipinski definition) is 2. The number of rotatable bonds is 5. The van der Waals surface area contributed by atoms with Crippen LogP contribution in [0.1, 0.15) is 20.3 Å². The van der Waals surface area contributed by atoms with Gasteiger partial charge < -0.3 is 5.32 Å². The topological polar surface area (TPSA) is 24.9 Å². The van der Waals surface area contributed by atoms with E-state index in [1.165, 1.54) is 6.07 Å². The Bertz CT molecular complexity index is 347. The normalized spacial score (nSPS) is 12.9. The highest BCUT2D eigenvalue weighted by molar-refractivity contribution is 9.10. The first-order valence-corrected chi connectivity index (χ1v) is 6.49. The van der Waals surface area contributed by atoms with Crippen LogP contribution in [0, 0.1) is 11.7 Å². The number of hydrogen-bond donors (Lipinski definition) is 1. The highest BCUT2D eigenvalue weighted by Crippen LogP contribution is 2.18. The molecular formula is C11H15BrClFN2. The van der Waals surface area contributed by atoms with Crippen LogP contribution in [-0.2, 0) is 0 Å². The molecule has 90 valence electrons. The summed E-state index contributed by atoms with van der Waals surface area (Å²) in [5, 5.41) is 3.02. The minimum Gasteiger partial charge on any atom is -0.364 e. The summed E-state index contributed by atoms with van der Waals surface area (Å²) in [5.74, 6) is 0.840. The van der Waals surface area contributed by atoms with Crippen molar-refractivity contribution in [3.63, 3.8) is 0 Å². The number of anilines is 1. The Kier molecular flexibility index (Phi) is 5.49. The van der Waals surface area contributed by atoms with E-state index in [1.807, 2.05) is 0 Å². The molecule has 0 radical (unpaired) electrons. The van der Waals surface area contributed by atoms with Gasteiger partial charge in [0.15, 0.2) is 11.6 Å². The molecule has 1 aromatic rings. The molecule has 0 amide bonds. The van der Waals surface area contributed by atoms with Crippen molar-refractivity contribution >= 4 is 33.3 Å². The minimum atomic E-state index is -0.367. The second kappa shape index (κ2) is 6.40. The molecular weight excluding hydrogens is 294 g/mol. The summed E-state index contributed by atoms with van der Waals surface area (Å²) in [6.07, 6.45) is 2.45. The summed E-state index contributed by atoms with van der Waals surface area (Å²) in [7, 11) is 0. The second-order valence-electron chi connectivity index (χ2n) is 4.11. The molecule has 1 N–H and O–H groups in total. The predicted octanol–water partition coefficient (Wildman–Crippen LogP) is 4.05. The quantitative estimate of drug-likeness (QED) is 0.830. The lowest BCUT2D eigenvalue weighted by Gasteiger charge is -2.18. The largest absolute Gasteiger partial charge is 0.364 e. The first kappa shape index (κ1) is 13.7. The van der Waals surface area contributed by atoms with Gasteiger partial charge >= 0.3 is 0 Å². The fourth-order valence-electron chi connectivity index (χ4n) is 1.44. The number of pyridine rings is 1. The van der Waals surface area contributed by atoms with Crippen molar-refractivity contribution in [1.29, 1.82) is 0 Å². The van der Waals surface area contributed by atoms with Crippen LogP contribution in [0.15, 0.2) is 16.7 Å². The van der Waals surface area contributed by atoms with Crippen molar-refractivity contribution in [3.8, 4) is 0 Å². The van der Waals surface area contributed by atoms with E-state index >= 15 is 0 Å². The van der Waals surface area contributed by atoms with E-state index in [9.17, 15) is 4.39 Å². The molecule has 0 aliphatic carbocycles. The van der Waals surface area contributed by atoms with E-state index in [2.05, 4.69) is 40.1 Å². The molecule has 0 aliphatic heterocycles. The van der Waals surface area contributed by atoms with Gasteiger partial charge in [0.2, 0.25) is 0 Å². The zero-order chi connectivity index (χ0) is 12.1. The Balaban J connectivity index is 2.70. The molecule has 1 aromatic heterocycles. The van der Waals surface area contributed by atoms with Gasteiger partial charge in [0.1, 0.15) is 0 Å². The fraction of sp³-hybridized carbons (Fsp3) is 0.545. The summed E-state index contributed by atoms with van der Waals surface area (Å²) >= 11 is 8.99. The van der Waals surface area contributed by atoms with Gasteiger partial charge in [-0.1, -0.05) is 13.8 Å². The third-order valence-corrected chi connectivity index (χ3v) is 2.90. The van der Waals surface area contributed by atoms with Crippen molar-refractivity contribution < 1.29 is 4.39 Å². The maximum absolute atomic E-state index is 13.5. The summed E-state index contributed by atoms with van der Waals surface area (Å²) in [6.45, 7) is 4.21. The maximum atomic E-state index is 13.5. The molecule has 2 nitrogen and oxygen atoms in total.